The zero-order chi connectivity index (χ0) is 24.0. The summed E-state index contributed by atoms with van der Waals surface area (Å²) < 4.78 is 6.21. The summed E-state index contributed by atoms with van der Waals surface area (Å²) >= 11 is 0. The number of carbonyl (C=O) groups excluding carboxylic acids is 1. The minimum absolute atomic E-state index is 0.0758. The van der Waals surface area contributed by atoms with Gasteiger partial charge in [0.15, 0.2) is 0 Å². The lowest BCUT2D eigenvalue weighted by molar-refractivity contribution is -0.384. The van der Waals surface area contributed by atoms with Gasteiger partial charge in [-0.15, -0.1) is 0 Å². The summed E-state index contributed by atoms with van der Waals surface area (Å²) in [5.41, 5.74) is 3.88. The summed E-state index contributed by atoms with van der Waals surface area (Å²) in [5, 5.41) is 24.4. The number of hydrogen-bond donors (Lipinski definition) is 1. The van der Waals surface area contributed by atoms with Crippen molar-refractivity contribution in [1.29, 1.82) is 5.26 Å². The highest BCUT2D eigenvalue weighted by molar-refractivity contribution is 5.90. The molecule has 0 atom stereocenters. The molecule has 0 spiro atoms. The van der Waals surface area contributed by atoms with Gasteiger partial charge in [-0.3, -0.25) is 19.7 Å². The molecule has 0 radical (unpaired) electrons. The average Bonchev–Trinajstić information content (AvgIpc) is 3.31. The van der Waals surface area contributed by atoms with Crippen LogP contribution in [0.1, 0.15) is 35.2 Å². The van der Waals surface area contributed by atoms with E-state index in [1.165, 1.54) is 30.0 Å². The van der Waals surface area contributed by atoms with E-state index in [0.29, 0.717) is 16.8 Å². The number of nitrogens with zero attached hydrogens (tertiary/aromatic N) is 5. The zero-order valence-corrected chi connectivity index (χ0v) is 18.4. The second kappa shape index (κ2) is 10.5. The highest BCUT2D eigenvalue weighted by atomic mass is 16.6. The van der Waals surface area contributed by atoms with Crippen molar-refractivity contribution in [3.63, 3.8) is 0 Å². The predicted octanol–water partition coefficient (Wildman–Crippen LogP) is 1.83. The van der Waals surface area contributed by atoms with Gasteiger partial charge in [-0.1, -0.05) is 0 Å². The van der Waals surface area contributed by atoms with E-state index in [0.717, 1.165) is 31.6 Å². The Morgan fingerprint density at radius 2 is 2.09 bits per heavy atom. The van der Waals surface area contributed by atoms with Crippen molar-refractivity contribution in [3.8, 4) is 6.07 Å². The lowest BCUT2D eigenvalue weighted by Crippen LogP contribution is -2.33. The first-order valence-electron chi connectivity index (χ1n) is 10.3. The van der Waals surface area contributed by atoms with Gasteiger partial charge in [0, 0.05) is 54.8 Å². The maximum absolute atomic E-state index is 12.6. The number of ether oxygens (including phenoxy) is 1. The van der Waals surface area contributed by atoms with Crippen LogP contribution in [0.2, 0.25) is 0 Å². The van der Waals surface area contributed by atoms with Gasteiger partial charge in [-0.05, 0) is 31.9 Å². The van der Waals surface area contributed by atoms with E-state index >= 15 is 0 Å². The number of pyridine rings is 1. The van der Waals surface area contributed by atoms with Crippen LogP contribution < -0.4 is 15.9 Å². The minimum atomic E-state index is -0.585. The van der Waals surface area contributed by atoms with Crippen molar-refractivity contribution in [2.45, 2.75) is 32.9 Å². The smallest absolute Gasteiger partial charge is 0.270 e. The Kier molecular flexibility index (Phi) is 7.53. The maximum Gasteiger partial charge on any atom is 0.270 e. The number of aromatic nitrogens is 1. The molecule has 0 unspecified atom stereocenters. The monoisotopic (exact) mass is 452 g/mol. The topological polar surface area (TPSA) is 143 Å². The van der Waals surface area contributed by atoms with Crippen LogP contribution in [-0.2, 0) is 22.7 Å². The first-order valence-corrected chi connectivity index (χ1v) is 10.3. The number of nitriles is 1. The molecule has 1 saturated heterocycles. The fourth-order valence-corrected chi connectivity index (χ4v) is 3.78. The number of nitro groups is 1. The van der Waals surface area contributed by atoms with Gasteiger partial charge in [0.1, 0.15) is 18.2 Å². The molecule has 2 heterocycles. The standard InChI is InChI=1S/C22H24N6O5/c1-15-9-17(14-33-2)19(11-23)22(30)27(15)13-21(29)25-24-12-16-10-18(28(31)32)5-6-20(16)26-7-3-4-8-26/h5-6,9-10,12H,3-4,7-8,13-14H2,1-2H3,(H,25,29)/b24-12+. The molecule has 0 bridgehead atoms. The van der Waals surface area contributed by atoms with E-state index in [9.17, 15) is 25.0 Å². The first-order chi connectivity index (χ1) is 15.8. The lowest BCUT2D eigenvalue weighted by atomic mass is 10.1. The third-order valence-corrected chi connectivity index (χ3v) is 5.36. The fraction of sp³-hybridized carbons (Fsp3) is 0.364. The summed E-state index contributed by atoms with van der Waals surface area (Å²) in [4.78, 5) is 37.9. The molecule has 1 N–H and O–H groups in total. The number of methoxy groups -OCH3 is 1. The Morgan fingerprint density at radius 1 is 1.36 bits per heavy atom. The summed E-state index contributed by atoms with van der Waals surface area (Å²) in [6.45, 7) is 3.11. The second-order valence-corrected chi connectivity index (χ2v) is 7.61. The van der Waals surface area contributed by atoms with Crippen LogP contribution in [0.3, 0.4) is 0 Å². The average molecular weight is 452 g/mol. The summed E-state index contributed by atoms with van der Waals surface area (Å²) in [7, 11) is 1.46. The highest BCUT2D eigenvalue weighted by Crippen LogP contribution is 2.27. The molecule has 33 heavy (non-hydrogen) atoms. The van der Waals surface area contributed by atoms with Crippen LogP contribution in [0.4, 0.5) is 11.4 Å². The SMILES string of the molecule is COCc1cc(C)n(CC(=O)N/N=C/c2cc([N+](=O)[O-])ccc2N2CCCC2)c(=O)c1C#N. The van der Waals surface area contributed by atoms with Crippen LogP contribution >= 0.6 is 0 Å². The molecule has 1 fully saturated rings. The molecule has 0 saturated carbocycles. The molecule has 1 amide bonds. The van der Waals surface area contributed by atoms with Gasteiger partial charge >= 0.3 is 0 Å². The largest absolute Gasteiger partial charge is 0.380 e. The normalized spacial score (nSPS) is 13.3. The number of carbonyl (C=O) groups is 1. The van der Waals surface area contributed by atoms with Gasteiger partial charge in [-0.25, -0.2) is 5.43 Å². The molecule has 11 nitrogen and oxygen atoms in total. The zero-order valence-electron chi connectivity index (χ0n) is 18.4. The van der Waals surface area contributed by atoms with E-state index in [2.05, 4.69) is 15.4 Å². The van der Waals surface area contributed by atoms with Crippen molar-refractivity contribution in [1.82, 2.24) is 9.99 Å². The number of nitrogens with one attached hydrogen (secondary N) is 1. The van der Waals surface area contributed by atoms with Crippen molar-refractivity contribution in [2.75, 3.05) is 25.1 Å². The molecule has 1 aromatic heterocycles. The van der Waals surface area contributed by atoms with E-state index in [1.807, 2.05) is 6.07 Å². The van der Waals surface area contributed by atoms with Crippen molar-refractivity contribution < 1.29 is 14.5 Å². The van der Waals surface area contributed by atoms with E-state index in [1.54, 1.807) is 19.1 Å². The number of benzene rings is 1. The molecule has 1 aromatic carbocycles. The molecular formula is C22H24N6O5. The Balaban J connectivity index is 1.78. The summed E-state index contributed by atoms with van der Waals surface area (Å²) in [5.74, 6) is -0.576. The van der Waals surface area contributed by atoms with Crippen molar-refractivity contribution in [2.24, 2.45) is 5.10 Å². The molecule has 1 aliphatic heterocycles. The Hall–Kier alpha value is -4.04. The molecule has 0 aliphatic carbocycles. The molecule has 2 aromatic rings. The predicted molar refractivity (Wildman–Crippen MR) is 121 cm³/mol. The lowest BCUT2D eigenvalue weighted by Gasteiger charge is -2.19. The van der Waals surface area contributed by atoms with Gasteiger partial charge in [0.25, 0.3) is 17.2 Å². The third-order valence-electron chi connectivity index (χ3n) is 5.36. The number of hydrazone groups is 1. The summed E-state index contributed by atoms with van der Waals surface area (Å²) in [6.07, 6.45) is 3.43. The van der Waals surface area contributed by atoms with Gasteiger partial charge in [-0.2, -0.15) is 10.4 Å². The fourth-order valence-electron chi connectivity index (χ4n) is 3.78. The Bertz CT molecular complexity index is 1190. The number of anilines is 1. The van der Waals surface area contributed by atoms with E-state index in [4.69, 9.17) is 4.74 Å². The molecule has 172 valence electrons. The molecular weight excluding hydrogens is 428 g/mol. The minimum Gasteiger partial charge on any atom is -0.380 e. The first kappa shape index (κ1) is 23.6. The number of non-ortho nitro benzene ring substituents is 1. The van der Waals surface area contributed by atoms with Crippen LogP contribution in [0.25, 0.3) is 0 Å². The maximum atomic E-state index is 12.6. The molecule has 1 aliphatic rings. The van der Waals surface area contributed by atoms with E-state index in [-0.39, 0.29) is 24.4 Å². The number of nitro benzene ring substituents is 1. The van der Waals surface area contributed by atoms with Crippen LogP contribution in [0.15, 0.2) is 34.2 Å². The van der Waals surface area contributed by atoms with Gasteiger partial charge < -0.3 is 14.2 Å². The number of rotatable bonds is 8. The van der Waals surface area contributed by atoms with Crippen LogP contribution in [0.5, 0.6) is 0 Å². The Labute approximate surface area is 190 Å². The third kappa shape index (κ3) is 5.42. The Morgan fingerprint density at radius 3 is 2.73 bits per heavy atom. The van der Waals surface area contributed by atoms with Crippen LogP contribution in [-0.4, -0.2) is 41.8 Å². The molecule has 3 rings (SSSR count). The van der Waals surface area contributed by atoms with Gasteiger partial charge in [0.05, 0.1) is 17.7 Å². The van der Waals surface area contributed by atoms with Gasteiger partial charge in [0.2, 0.25) is 0 Å². The van der Waals surface area contributed by atoms with Crippen LogP contribution in [0, 0.1) is 28.4 Å². The number of amides is 1. The number of hydrogen-bond acceptors (Lipinski definition) is 8. The highest BCUT2D eigenvalue weighted by Gasteiger charge is 2.18. The number of aryl methyl sites for hydroxylation is 1. The van der Waals surface area contributed by atoms with Crippen molar-refractivity contribution in [3.05, 3.63) is 67.1 Å². The second-order valence-electron chi connectivity index (χ2n) is 7.61. The molecule has 11 heteroatoms. The van der Waals surface area contributed by atoms with E-state index < -0.39 is 16.4 Å². The summed E-state index contributed by atoms with van der Waals surface area (Å²) in [6, 6.07) is 8.03. The quantitative estimate of drug-likeness (QED) is 0.366. The van der Waals surface area contributed by atoms with Crippen molar-refractivity contribution >= 4 is 23.5 Å².